The van der Waals surface area contributed by atoms with Crippen LogP contribution in [0.5, 0.6) is 5.75 Å². The number of carboxylic acid groups (broad SMARTS) is 1. The van der Waals surface area contributed by atoms with Gasteiger partial charge >= 0.3 is 12.0 Å². The van der Waals surface area contributed by atoms with Crippen molar-refractivity contribution in [3.63, 3.8) is 0 Å². The van der Waals surface area contributed by atoms with Crippen LogP contribution in [0.15, 0.2) is 18.2 Å². The standard InChI is InChI=1S/C13H18N2O4/c1-4-10(12(16)17)15-13(18)14-9-5-6-11(19-3)8(2)7-9/h5-7,10H,4H2,1-3H3,(H,16,17)(H2,14,15,18)/t10-/m0/s1. The molecular formula is C13H18N2O4. The molecule has 6 heteroatoms. The fraction of sp³-hybridized carbons (Fsp3) is 0.385. The summed E-state index contributed by atoms with van der Waals surface area (Å²) in [6, 6.07) is 3.74. The highest BCUT2D eigenvalue weighted by Crippen LogP contribution is 2.21. The van der Waals surface area contributed by atoms with Crippen LogP contribution < -0.4 is 15.4 Å². The molecule has 6 nitrogen and oxygen atoms in total. The summed E-state index contributed by atoms with van der Waals surface area (Å²) in [6.45, 7) is 3.55. The van der Waals surface area contributed by atoms with Crippen molar-refractivity contribution >= 4 is 17.7 Å². The number of rotatable bonds is 5. The monoisotopic (exact) mass is 266 g/mol. The maximum atomic E-state index is 11.6. The quantitative estimate of drug-likeness (QED) is 0.760. The molecule has 0 fully saturated rings. The molecule has 0 radical (unpaired) electrons. The Kier molecular flexibility index (Phi) is 5.17. The average Bonchev–Trinajstić information content (AvgIpc) is 2.35. The third-order valence-corrected chi connectivity index (χ3v) is 2.66. The Morgan fingerprint density at radius 3 is 2.58 bits per heavy atom. The molecule has 1 aromatic carbocycles. The lowest BCUT2D eigenvalue weighted by Gasteiger charge is -2.14. The van der Waals surface area contributed by atoms with Crippen molar-refractivity contribution in [2.75, 3.05) is 12.4 Å². The topological polar surface area (TPSA) is 87.7 Å². The number of amides is 2. The van der Waals surface area contributed by atoms with Gasteiger partial charge in [-0.25, -0.2) is 9.59 Å². The Morgan fingerprint density at radius 2 is 2.11 bits per heavy atom. The van der Waals surface area contributed by atoms with Crippen molar-refractivity contribution in [2.45, 2.75) is 26.3 Å². The number of anilines is 1. The molecular weight excluding hydrogens is 248 g/mol. The van der Waals surface area contributed by atoms with Crippen molar-refractivity contribution in [1.82, 2.24) is 5.32 Å². The van der Waals surface area contributed by atoms with Gasteiger partial charge in [-0.15, -0.1) is 0 Å². The predicted octanol–water partition coefficient (Wildman–Crippen LogP) is 1.99. The lowest BCUT2D eigenvalue weighted by molar-refractivity contribution is -0.139. The first kappa shape index (κ1) is 14.8. The van der Waals surface area contributed by atoms with E-state index in [1.165, 1.54) is 0 Å². The zero-order chi connectivity index (χ0) is 14.4. The maximum absolute atomic E-state index is 11.6. The van der Waals surface area contributed by atoms with Crippen LogP contribution in [0.4, 0.5) is 10.5 Å². The molecule has 0 aliphatic heterocycles. The minimum Gasteiger partial charge on any atom is -0.496 e. The summed E-state index contributed by atoms with van der Waals surface area (Å²) in [7, 11) is 1.57. The molecule has 0 saturated heterocycles. The van der Waals surface area contributed by atoms with Crippen LogP contribution in [0.1, 0.15) is 18.9 Å². The van der Waals surface area contributed by atoms with Crippen molar-refractivity contribution in [3.05, 3.63) is 23.8 Å². The molecule has 2 amide bonds. The second kappa shape index (κ2) is 6.63. The molecule has 1 aromatic rings. The highest BCUT2D eigenvalue weighted by Gasteiger charge is 2.17. The molecule has 0 aromatic heterocycles. The van der Waals surface area contributed by atoms with Crippen molar-refractivity contribution < 1.29 is 19.4 Å². The SMILES string of the molecule is CC[C@H](NC(=O)Nc1ccc(OC)c(C)c1)C(=O)O. The van der Waals surface area contributed by atoms with Crippen LogP contribution >= 0.6 is 0 Å². The smallest absolute Gasteiger partial charge is 0.326 e. The van der Waals surface area contributed by atoms with Gasteiger partial charge in [0.2, 0.25) is 0 Å². The maximum Gasteiger partial charge on any atom is 0.326 e. The number of methoxy groups -OCH3 is 1. The third kappa shape index (κ3) is 4.17. The van der Waals surface area contributed by atoms with Crippen molar-refractivity contribution in [1.29, 1.82) is 0 Å². The molecule has 0 heterocycles. The summed E-state index contributed by atoms with van der Waals surface area (Å²) >= 11 is 0. The average molecular weight is 266 g/mol. The Morgan fingerprint density at radius 1 is 1.42 bits per heavy atom. The van der Waals surface area contributed by atoms with Crippen LogP contribution in [-0.2, 0) is 4.79 Å². The number of urea groups is 1. The Hall–Kier alpha value is -2.24. The number of aryl methyl sites for hydroxylation is 1. The van der Waals surface area contributed by atoms with E-state index in [2.05, 4.69) is 10.6 Å². The van der Waals surface area contributed by atoms with Gasteiger partial charge < -0.3 is 20.5 Å². The van der Waals surface area contributed by atoms with Gasteiger partial charge in [-0.3, -0.25) is 0 Å². The normalized spacial score (nSPS) is 11.5. The summed E-state index contributed by atoms with van der Waals surface area (Å²) in [5.41, 5.74) is 1.46. The summed E-state index contributed by atoms with van der Waals surface area (Å²) < 4.78 is 5.11. The van der Waals surface area contributed by atoms with E-state index in [0.29, 0.717) is 12.1 Å². The zero-order valence-electron chi connectivity index (χ0n) is 11.2. The number of hydrogen-bond acceptors (Lipinski definition) is 3. The van der Waals surface area contributed by atoms with E-state index in [4.69, 9.17) is 9.84 Å². The summed E-state index contributed by atoms with van der Waals surface area (Å²) in [5, 5.41) is 13.8. The lowest BCUT2D eigenvalue weighted by Crippen LogP contribution is -2.42. The summed E-state index contributed by atoms with van der Waals surface area (Å²) in [5.74, 6) is -0.327. The number of benzene rings is 1. The first-order valence-corrected chi connectivity index (χ1v) is 5.92. The second-order valence-corrected chi connectivity index (χ2v) is 4.08. The van der Waals surface area contributed by atoms with Gasteiger partial charge in [0.05, 0.1) is 7.11 Å². The molecule has 1 atom stereocenters. The van der Waals surface area contributed by atoms with Crippen LogP contribution in [-0.4, -0.2) is 30.3 Å². The number of nitrogens with one attached hydrogen (secondary N) is 2. The fourth-order valence-corrected chi connectivity index (χ4v) is 1.62. The van der Waals surface area contributed by atoms with Crippen LogP contribution in [0.3, 0.4) is 0 Å². The van der Waals surface area contributed by atoms with Gasteiger partial charge in [0.1, 0.15) is 11.8 Å². The minimum atomic E-state index is -1.05. The van der Waals surface area contributed by atoms with E-state index in [-0.39, 0.29) is 0 Å². The lowest BCUT2D eigenvalue weighted by atomic mass is 10.2. The molecule has 104 valence electrons. The first-order chi connectivity index (χ1) is 8.97. The van der Waals surface area contributed by atoms with Crippen molar-refractivity contribution in [2.24, 2.45) is 0 Å². The number of aliphatic carboxylic acids is 1. The first-order valence-electron chi connectivity index (χ1n) is 5.92. The minimum absolute atomic E-state index is 0.324. The van der Waals surface area contributed by atoms with Gasteiger partial charge in [0.25, 0.3) is 0 Å². The van der Waals surface area contributed by atoms with Crippen LogP contribution in [0.2, 0.25) is 0 Å². The van der Waals surface area contributed by atoms with Gasteiger partial charge in [-0.05, 0) is 37.1 Å². The number of carboxylic acids is 1. The van der Waals surface area contributed by atoms with E-state index < -0.39 is 18.0 Å². The van der Waals surface area contributed by atoms with Crippen LogP contribution in [0.25, 0.3) is 0 Å². The zero-order valence-corrected chi connectivity index (χ0v) is 11.2. The molecule has 3 N–H and O–H groups in total. The molecule has 0 spiro atoms. The van der Waals surface area contributed by atoms with Gasteiger partial charge in [-0.1, -0.05) is 6.92 Å². The number of carbonyl (C=O) groups excluding carboxylic acids is 1. The van der Waals surface area contributed by atoms with E-state index in [1.807, 2.05) is 6.92 Å². The summed E-state index contributed by atoms with van der Waals surface area (Å²) in [6.07, 6.45) is 0.324. The van der Waals surface area contributed by atoms with E-state index in [0.717, 1.165) is 11.3 Å². The van der Waals surface area contributed by atoms with Gasteiger partial charge in [-0.2, -0.15) is 0 Å². The van der Waals surface area contributed by atoms with E-state index in [1.54, 1.807) is 32.2 Å². The molecule has 0 unspecified atom stereocenters. The van der Waals surface area contributed by atoms with Gasteiger partial charge in [0, 0.05) is 5.69 Å². The van der Waals surface area contributed by atoms with E-state index in [9.17, 15) is 9.59 Å². The Bertz CT molecular complexity index is 474. The Balaban J connectivity index is 2.67. The number of ether oxygens (including phenoxy) is 1. The Labute approximate surface area is 111 Å². The fourth-order valence-electron chi connectivity index (χ4n) is 1.62. The number of hydrogen-bond donors (Lipinski definition) is 3. The molecule has 19 heavy (non-hydrogen) atoms. The number of carbonyl (C=O) groups is 2. The predicted molar refractivity (Wildman–Crippen MR) is 71.6 cm³/mol. The molecule has 0 saturated carbocycles. The molecule has 1 rings (SSSR count). The van der Waals surface area contributed by atoms with E-state index >= 15 is 0 Å². The molecule has 0 bridgehead atoms. The highest BCUT2D eigenvalue weighted by atomic mass is 16.5. The second-order valence-electron chi connectivity index (χ2n) is 4.08. The van der Waals surface area contributed by atoms with Gasteiger partial charge in [0.15, 0.2) is 0 Å². The van der Waals surface area contributed by atoms with Crippen molar-refractivity contribution in [3.8, 4) is 5.75 Å². The van der Waals surface area contributed by atoms with Crippen LogP contribution in [0, 0.1) is 6.92 Å². The largest absolute Gasteiger partial charge is 0.496 e. The third-order valence-electron chi connectivity index (χ3n) is 2.66. The highest BCUT2D eigenvalue weighted by molar-refractivity contribution is 5.92. The molecule has 0 aliphatic rings. The molecule has 0 aliphatic carbocycles. The summed E-state index contributed by atoms with van der Waals surface area (Å²) in [4.78, 5) is 22.4.